The molecule has 0 atom stereocenters. The molecule has 1 aliphatic heterocycles. The van der Waals surface area contributed by atoms with Crippen LogP contribution in [0.1, 0.15) is 6.92 Å². The first kappa shape index (κ1) is 16.3. The molecule has 0 bridgehead atoms. The second-order valence-corrected chi connectivity index (χ2v) is 6.22. The van der Waals surface area contributed by atoms with Gasteiger partial charge in [-0.25, -0.2) is 0 Å². The van der Waals surface area contributed by atoms with Crippen molar-refractivity contribution in [3.63, 3.8) is 0 Å². The predicted octanol–water partition coefficient (Wildman–Crippen LogP) is 3.14. The number of piperazine rings is 1. The number of carbonyl (C=O) groups is 1. The molecule has 5 nitrogen and oxygen atoms in total. The third-order valence-corrected chi connectivity index (χ3v) is 4.23. The first-order valence-corrected chi connectivity index (χ1v) is 8.28. The van der Waals surface area contributed by atoms with Gasteiger partial charge in [-0.3, -0.25) is 4.79 Å². The van der Waals surface area contributed by atoms with Crippen molar-refractivity contribution in [2.45, 2.75) is 6.92 Å². The Hall–Kier alpha value is -2.53. The van der Waals surface area contributed by atoms with Crippen molar-refractivity contribution in [1.29, 1.82) is 0 Å². The van der Waals surface area contributed by atoms with Crippen LogP contribution < -0.4 is 15.5 Å². The molecule has 0 radical (unpaired) electrons. The molecule has 1 aliphatic rings. The Balaban J connectivity index is 1.60. The smallest absolute Gasteiger partial charge is 0.221 e. The molecule has 126 valence electrons. The Bertz CT molecular complexity index is 674. The molecular formula is C19H24N4O. The van der Waals surface area contributed by atoms with Crippen molar-refractivity contribution in [2.75, 3.05) is 48.8 Å². The molecule has 0 spiro atoms. The summed E-state index contributed by atoms with van der Waals surface area (Å²) in [5.74, 6) is -0.0600. The maximum Gasteiger partial charge on any atom is 0.221 e. The molecule has 2 N–H and O–H groups in total. The SMILES string of the molecule is CC(=O)Nc1ccc(Nc2ccc(N3CCN(C)CC3)cc2)cc1. The van der Waals surface area contributed by atoms with Gasteiger partial charge in [0.2, 0.25) is 5.91 Å². The van der Waals surface area contributed by atoms with Crippen LogP contribution in [0.3, 0.4) is 0 Å². The zero-order valence-corrected chi connectivity index (χ0v) is 14.2. The Morgan fingerprint density at radius 2 is 1.33 bits per heavy atom. The van der Waals surface area contributed by atoms with Crippen molar-refractivity contribution in [3.8, 4) is 0 Å². The molecule has 1 saturated heterocycles. The fourth-order valence-corrected chi connectivity index (χ4v) is 2.83. The number of anilines is 4. The first-order chi connectivity index (χ1) is 11.6. The molecule has 2 aromatic rings. The third kappa shape index (κ3) is 4.26. The van der Waals surface area contributed by atoms with Gasteiger partial charge in [0.15, 0.2) is 0 Å². The fourth-order valence-electron chi connectivity index (χ4n) is 2.83. The molecule has 0 unspecified atom stereocenters. The minimum absolute atomic E-state index is 0.0600. The maximum absolute atomic E-state index is 11.0. The molecular weight excluding hydrogens is 300 g/mol. The van der Waals surface area contributed by atoms with Crippen LogP contribution >= 0.6 is 0 Å². The first-order valence-electron chi connectivity index (χ1n) is 8.28. The summed E-state index contributed by atoms with van der Waals surface area (Å²) >= 11 is 0. The number of rotatable bonds is 4. The minimum Gasteiger partial charge on any atom is -0.369 e. The van der Waals surface area contributed by atoms with Crippen LogP contribution in [0.2, 0.25) is 0 Å². The van der Waals surface area contributed by atoms with E-state index in [0.717, 1.165) is 43.2 Å². The van der Waals surface area contributed by atoms with Gasteiger partial charge < -0.3 is 20.4 Å². The van der Waals surface area contributed by atoms with Crippen LogP contribution in [0.5, 0.6) is 0 Å². The maximum atomic E-state index is 11.0. The van der Waals surface area contributed by atoms with Crippen molar-refractivity contribution < 1.29 is 4.79 Å². The summed E-state index contributed by atoms with van der Waals surface area (Å²) in [7, 11) is 2.17. The van der Waals surface area contributed by atoms with E-state index in [1.165, 1.54) is 12.6 Å². The number of nitrogens with zero attached hydrogens (tertiary/aromatic N) is 2. The molecule has 1 amide bonds. The van der Waals surface area contributed by atoms with Gasteiger partial charge in [0.05, 0.1) is 0 Å². The zero-order valence-electron chi connectivity index (χ0n) is 14.2. The van der Waals surface area contributed by atoms with E-state index in [2.05, 4.69) is 51.7 Å². The Morgan fingerprint density at radius 1 is 0.833 bits per heavy atom. The van der Waals surface area contributed by atoms with Crippen molar-refractivity contribution in [1.82, 2.24) is 4.90 Å². The van der Waals surface area contributed by atoms with Crippen LogP contribution in [0.15, 0.2) is 48.5 Å². The van der Waals surface area contributed by atoms with E-state index >= 15 is 0 Å². The largest absolute Gasteiger partial charge is 0.369 e. The number of hydrogen-bond donors (Lipinski definition) is 2. The highest BCUT2D eigenvalue weighted by atomic mass is 16.1. The average Bonchev–Trinajstić information content (AvgIpc) is 2.58. The number of amides is 1. The summed E-state index contributed by atoms with van der Waals surface area (Å²) in [5, 5.41) is 6.15. The van der Waals surface area contributed by atoms with Gasteiger partial charge >= 0.3 is 0 Å². The lowest BCUT2D eigenvalue weighted by atomic mass is 10.2. The van der Waals surface area contributed by atoms with Gasteiger partial charge in [-0.2, -0.15) is 0 Å². The topological polar surface area (TPSA) is 47.6 Å². The van der Waals surface area contributed by atoms with E-state index < -0.39 is 0 Å². The third-order valence-electron chi connectivity index (χ3n) is 4.23. The molecule has 3 rings (SSSR count). The van der Waals surface area contributed by atoms with Crippen molar-refractivity contribution >= 4 is 28.7 Å². The lowest BCUT2D eigenvalue weighted by molar-refractivity contribution is -0.114. The van der Waals surface area contributed by atoms with E-state index in [9.17, 15) is 4.79 Å². The standard InChI is InChI=1S/C19H24N4O/c1-15(24)20-16-3-5-17(6-4-16)21-18-7-9-19(10-8-18)23-13-11-22(2)12-14-23/h3-10,21H,11-14H2,1-2H3,(H,20,24). The average molecular weight is 324 g/mol. The summed E-state index contributed by atoms with van der Waals surface area (Å²) < 4.78 is 0. The van der Waals surface area contributed by atoms with E-state index in [4.69, 9.17) is 0 Å². The Morgan fingerprint density at radius 3 is 1.88 bits per heavy atom. The van der Waals surface area contributed by atoms with E-state index in [1.807, 2.05) is 24.3 Å². The highest BCUT2D eigenvalue weighted by Gasteiger charge is 2.13. The zero-order chi connectivity index (χ0) is 16.9. The number of nitrogens with one attached hydrogen (secondary N) is 2. The van der Waals surface area contributed by atoms with Gasteiger partial charge in [0.25, 0.3) is 0 Å². The van der Waals surface area contributed by atoms with Gasteiger partial charge in [-0.05, 0) is 55.6 Å². The summed E-state index contributed by atoms with van der Waals surface area (Å²) in [6.07, 6.45) is 0. The Labute approximate surface area is 143 Å². The number of carbonyl (C=O) groups excluding carboxylic acids is 1. The Kier molecular flexibility index (Phi) is 5.01. The molecule has 24 heavy (non-hydrogen) atoms. The summed E-state index contributed by atoms with van der Waals surface area (Å²) in [5.41, 5.74) is 4.13. The molecule has 2 aromatic carbocycles. The molecule has 1 fully saturated rings. The molecule has 5 heteroatoms. The minimum atomic E-state index is -0.0600. The van der Waals surface area contributed by atoms with Crippen LogP contribution in [0.25, 0.3) is 0 Å². The quantitative estimate of drug-likeness (QED) is 0.907. The number of likely N-dealkylation sites (N-methyl/N-ethyl adjacent to an activating group) is 1. The van der Waals surface area contributed by atoms with Gasteiger partial charge in [0, 0.05) is 55.9 Å². The van der Waals surface area contributed by atoms with Gasteiger partial charge in [-0.15, -0.1) is 0 Å². The van der Waals surface area contributed by atoms with E-state index in [0.29, 0.717) is 0 Å². The summed E-state index contributed by atoms with van der Waals surface area (Å²) in [6.45, 7) is 5.89. The van der Waals surface area contributed by atoms with Crippen molar-refractivity contribution in [3.05, 3.63) is 48.5 Å². The van der Waals surface area contributed by atoms with Crippen molar-refractivity contribution in [2.24, 2.45) is 0 Å². The molecule has 0 aromatic heterocycles. The lowest BCUT2D eigenvalue weighted by Gasteiger charge is -2.34. The van der Waals surface area contributed by atoms with Crippen LogP contribution in [0.4, 0.5) is 22.7 Å². The normalized spacial score (nSPS) is 15.2. The highest BCUT2D eigenvalue weighted by molar-refractivity contribution is 5.88. The predicted molar refractivity (Wildman–Crippen MR) is 100 cm³/mol. The number of hydrogen-bond acceptors (Lipinski definition) is 4. The van der Waals surface area contributed by atoms with Crippen LogP contribution in [-0.4, -0.2) is 44.0 Å². The van der Waals surface area contributed by atoms with Gasteiger partial charge in [0.1, 0.15) is 0 Å². The fraction of sp³-hybridized carbons (Fsp3) is 0.316. The molecule has 0 aliphatic carbocycles. The summed E-state index contributed by atoms with van der Waals surface area (Å²) in [4.78, 5) is 15.8. The second kappa shape index (κ2) is 7.36. The van der Waals surface area contributed by atoms with E-state index in [-0.39, 0.29) is 5.91 Å². The summed E-state index contributed by atoms with van der Waals surface area (Å²) in [6, 6.07) is 16.2. The van der Waals surface area contributed by atoms with Crippen LogP contribution in [0, 0.1) is 0 Å². The van der Waals surface area contributed by atoms with Crippen LogP contribution in [-0.2, 0) is 4.79 Å². The highest BCUT2D eigenvalue weighted by Crippen LogP contribution is 2.23. The molecule has 1 heterocycles. The lowest BCUT2D eigenvalue weighted by Crippen LogP contribution is -2.44. The molecule has 0 saturated carbocycles. The number of benzene rings is 2. The monoisotopic (exact) mass is 324 g/mol. The second-order valence-electron chi connectivity index (χ2n) is 6.22. The van der Waals surface area contributed by atoms with E-state index in [1.54, 1.807) is 0 Å². The van der Waals surface area contributed by atoms with Gasteiger partial charge in [-0.1, -0.05) is 0 Å².